The molecular formula is C11H7NO3. The Morgan fingerprint density at radius 2 is 2.20 bits per heavy atom. The van der Waals surface area contributed by atoms with Gasteiger partial charge in [-0.2, -0.15) is 5.26 Å². The zero-order valence-electron chi connectivity index (χ0n) is 7.77. The van der Waals surface area contributed by atoms with Gasteiger partial charge in [0.2, 0.25) is 6.79 Å². The molecule has 4 heteroatoms. The maximum atomic E-state index is 10.4. The number of nitriles is 1. The first kappa shape index (κ1) is 9.28. The smallest absolute Gasteiger partial charge is 0.231 e. The van der Waals surface area contributed by atoms with Gasteiger partial charge in [0.15, 0.2) is 17.8 Å². The molecule has 15 heavy (non-hydrogen) atoms. The van der Waals surface area contributed by atoms with E-state index in [1.807, 2.05) is 0 Å². The van der Waals surface area contributed by atoms with Crippen molar-refractivity contribution in [3.05, 3.63) is 29.3 Å². The van der Waals surface area contributed by atoms with E-state index in [-0.39, 0.29) is 12.4 Å². The van der Waals surface area contributed by atoms with Crippen molar-refractivity contribution in [3.63, 3.8) is 0 Å². The molecule has 0 amide bonds. The molecule has 4 nitrogen and oxygen atoms in total. The molecule has 0 bridgehead atoms. The van der Waals surface area contributed by atoms with Crippen molar-refractivity contribution < 1.29 is 14.3 Å². The molecule has 2 rings (SSSR count). The third-order valence-electron chi connectivity index (χ3n) is 1.97. The predicted octanol–water partition coefficient (Wildman–Crippen LogP) is 1.52. The van der Waals surface area contributed by atoms with Crippen LogP contribution in [0.3, 0.4) is 0 Å². The molecule has 1 aromatic carbocycles. The third kappa shape index (κ3) is 1.81. The molecule has 0 saturated heterocycles. The van der Waals surface area contributed by atoms with Crippen LogP contribution in [0.25, 0.3) is 6.08 Å². The Bertz CT molecular complexity index is 471. The highest BCUT2D eigenvalue weighted by Crippen LogP contribution is 2.32. The van der Waals surface area contributed by atoms with Gasteiger partial charge in [0.1, 0.15) is 6.07 Å². The molecule has 74 valence electrons. The number of allylic oxidation sites excluding steroid dienone is 1. The summed E-state index contributed by atoms with van der Waals surface area (Å²) in [6.45, 7) is 0.210. The highest BCUT2D eigenvalue weighted by Gasteiger charge is 2.12. The Hall–Kier alpha value is -2.28. The molecular weight excluding hydrogens is 194 g/mol. The number of rotatable bonds is 2. The summed E-state index contributed by atoms with van der Waals surface area (Å²) >= 11 is 0. The van der Waals surface area contributed by atoms with E-state index < -0.39 is 0 Å². The van der Waals surface area contributed by atoms with Crippen LogP contribution in [0, 0.1) is 11.3 Å². The summed E-state index contributed by atoms with van der Waals surface area (Å²) in [6, 6.07) is 7.02. The zero-order valence-corrected chi connectivity index (χ0v) is 7.77. The Morgan fingerprint density at radius 1 is 1.40 bits per heavy atom. The predicted molar refractivity (Wildman–Crippen MR) is 52.2 cm³/mol. The van der Waals surface area contributed by atoms with E-state index in [4.69, 9.17) is 14.7 Å². The zero-order chi connectivity index (χ0) is 10.7. The molecule has 0 N–H and O–H groups in total. The third-order valence-corrected chi connectivity index (χ3v) is 1.97. The van der Waals surface area contributed by atoms with Crippen molar-refractivity contribution in [2.75, 3.05) is 6.79 Å². The Balaban J connectivity index is 2.35. The number of aldehydes is 1. The van der Waals surface area contributed by atoms with Crippen molar-refractivity contribution in [1.82, 2.24) is 0 Å². The van der Waals surface area contributed by atoms with Gasteiger partial charge in [-0.05, 0) is 23.8 Å². The van der Waals surface area contributed by atoms with Crippen LogP contribution in [-0.4, -0.2) is 13.1 Å². The van der Waals surface area contributed by atoms with Crippen molar-refractivity contribution in [2.24, 2.45) is 0 Å². The minimum Gasteiger partial charge on any atom is -0.454 e. The lowest BCUT2D eigenvalue weighted by Gasteiger charge is -1.97. The number of hydrogen-bond acceptors (Lipinski definition) is 4. The monoisotopic (exact) mass is 201 g/mol. The minimum atomic E-state index is 0.0777. The van der Waals surface area contributed by atoms with E-state index in [0.29, 0.717) is 17.8 Å². The molecule has 0 aliphatic carbocycles. The van der Waals surface area contributed by atoms with Gasteiger partial charge >= 0.3 is 0 Å². The molecule has 0 fully saturated rings. The first-order chi connectivity index (χ1) is 7.33. The standard InChI is InChI=1S/C11H7NO3/c12-5-9(6-13)3-8-1-2-10-11(4-8)15-7-14-10/h1-4,6H,7H2. The number of benzene rings is 1. The SMILES string of the molecule is N#CC(C=O)=Cc1ccc2c(c1)OCO2. The maximum absolute atomic E-state index is 10.4. The van der Waals surface area contributed by atoms with E-state index in [9.17, 15) is 4.79 Å². The summed E-state index contributed by atoms with van der Waals surface area (Å²) in [4.78, 5) is 10.4. The maximum Gasteiger partial charge on any atom is 0.231 e. The van der Waals surface area contributed by atoms with Crippen LogP contribution in [-0.2, 0) is 4.79 Å². The Labute approximate surface area is 86.3 Å². The van der Waals surface area contributed by atoms with Crippen molar-refractivity contribution in [3.8, 4) is 17.6 Å². The molecule has 0 atom stereocenters. The molecule has 0 unspecified atom stereocenters. The van der Waals surface area contributed by atoms with Crippen LogP contribution in [0.1, 0.15) is 5.56 Å². The van der Waals surface area contributed by atoms with Gasteiger partial charge < -0.3 is 9.47 Å². The number of carbonyl (C=O) groups excluding carboxylic acids is 1. The van der Waals surface area contributed by atoms with Gasteiger partial charge in [-0.3, -0.25) is 4.79 Å². The van der Waals surface area contributed by atoms with Gasteiger partial charge in [0.25, 0.3) is 0 Å². The number of hydrogen-bond donors (Lipinski definition) is 0. The summed E-state index contributed by atoms with van der Waals surface area (Å²) in [7, 11) is 0. The first-order valence-corrected chi connectivity index (χ1v) is 4.30. The molecule has 1 aliphatic heterocycles. The lowest BCUT2D eigenvalue weighted by molar-refractivity contribution is -0.104. The molecule has 0 aromatic heterocycles. The molecule has 1 heterocycles. The molecule has 0 spiro atoms. The highest BCUT2D eigenvalue weighted by molar-refractivity contribution is 5.87. The van der Waals surface area contributed by atoms with Gasteiger partial charge in [-0.15, -0.1) is 0 Å². The average molecular weight is 201 g/mol. The number of fused-ring (bicyclic) bond motifs is 1. The summed E-state index contributed by atoms with van der Waals surface area (Å²) in [5.41, 5.74) is 0.816. The van der Waals surface area contributed by atoms with E-state index >= 15 is 0 Å². The van der Waals surface area contributed by atoms with E-state index in [2.05, 4.69) is 0 Å². The fraction of sp³-hybridized carbons (Fsp3) is 0.0909. The van der Waals surface area contributed by atoms with Crippen molar-refractivity contribution >= 4 is 12.4 Å². The summed E-state index contributed by atoms with van der Waals surface area (Å²) in [5, 5.41) is 8.58. The Morgan fingerprint density at radius 3 is 2.93 bits per heavy atom. The summed E-state index contributed by atoms with van der Waals surface area (Å²) in [6.07, 6.45) is 2.01. The molecule has 0 radical (unpaired) electrons. The highest BCUT2D eigenvalue weighted by atomic mass is 16.7. The van der Waals surface area contributed by atoms with Crippen LogP contribution in [0.5, 0.6) is 11.5 Å². The fourth-order valence-electron chi connectivity index (χ4n) is 1.28. The van der Waals surface area contributed by atoms with E-state index in [1.54, 1.807) is 24.3 Å². The van der Waals surface area contributed by atoms with E-state index in [1.165, 1.54) is 6.08 Å². The first-order valence-electron chi connectivity index (χ1n) is 4.30. The summed E-state index contributed by atoms with van der Waals surface area (Å²) < 4.78 is 10.3. The van der Waals surface area contributed by atoms with Crippen LogP contribution in [0.2, 0.25) is 0 Å². The largest absolute Gasteiger partial charge is 0.454 e. The normalized spacial score (nSPS) is 13.4. The lowest BCUT2D eigenvalue weighted by atomic mass is 10.1. The fourth-order valence-corrected chi connectivity index (χ4v) is 1.28. The minimum absolute atomic E-state index is 0.0777. The second kappa shape index (κ2) is 3.84. The van der Waals surface area contributed by atoms with E-state index in [0.717, 1.165) is 5.56 Å². The molecule has 1 aromatic rings. The number of ether oxygens (including phenoxy) is 2. The number of nitrogens with zero attached hydrogens (tertiary/aromatic N) is 1. The van der Waals surface area contributed by atoms with Crippen LogP contribution < -0.4 is 9.47 Å². The van der Waals surface area contributed by atoms with Gasteiger partial charge in [-0.1, -0.05) is 6.07 Å². The van der Waals surface area contributed by atoms with Crippen LogP contribution in [0.15, 0.2) is 23.8 Å². The van der Waals surface area contributed by atoms with Crippen LogP contribution >= 0.6 is 0 Å². The quantitative estimate of drug-likeness (QED) is 0.413. The average Bonchev–Trinajstić information content (AvgIpc) is 2.73. The van der Waals surface area contributed by atoms with Gasteiger partial charge in [0.05, 0.1) is 5.57 Å². The number of carbonyl (C=O) groups is 1. The second-order valence-corrected chi connectivity index (χ2v) is 2.94. The molecule has 0 saturated carbocycles. The van der Waals surface area contributed by atoms with Gasteiger partial charge in [0, 0.05) is 0 Å². The summed E-state index contributed by atoms with van der Waals surface area (Å²) in [5.74, 6) is 1.31. The van der Waals surface area contributed by atoms with Gasteiger partial charge in [-0.25, -0.2) is 0 Å². The van der Waals surface area contributed by atoms with Crippen molar-refractivity contribution in [2.45, 2.75) is 0 Å². The van der Waals surface area contributed by atoms with Crippen molar-refractivity contribution in [1.29, 1.82) is 5.26 Å². The lowest BCUT2D eigenvalue weighted by Crippen LogP contribution is -1.92. The molecule has 1 aliphatic rings. The second-order valence-electron chi connectivity index (χ2n) is 2.94. The van der Waals surface area contributed by atoms with Crippen LogP contribution in [0.4, 0.5) is 0 Å². The topological polar surface area (TPSA) is 59.3 Å². The Kier molecular flexibility index (Phi) is 2.38.